The number of carbonyl (C=O) groups is 1. The van der Waals surface area contributed by atoms with Crippen molar-refractivity contribution >= 4 is 11.5 Å². The van der Waals surface area contributed by atoms with Crippen molar-refractivity contribution in [1.29, 1.82) is 0 Å². The summed E-state index contributed by atoms with van der Waals surface area (Å²) in [6.45, 7) is 4.31. The van der Waals surface area contributed by atoms with Gasteiger partial charge in [-0.1, -0.05) is 74.5 Å². The average molecular weight is 344 g/mol. The molecular formula is C23H24N2O. The maximum Gasteiger partial charge on any atom is 0.161 e. The molecule has 0 spiro atoms. The van der Waals surface area contributed by atoms with Crippen molar-refractivity contribution in [2.45, 2.75) is 39.0 Å². The Morgan fingerprint density at radius 1 is 0.962 bits per heavy atom. The minimum Gasteiger partial charge on any atom is -0.294 e. The molecule has 26 heavy (non-hydrogen) atoms. The van der Waals surface area contributed by atoms with E-state index < -0.39 is 0 Å². The van der Waals surface area contributed by atoms with Crippen molar-refractivity contribution in [3.63, 3.8) is 0 Å². The van der Waals surface area contributed by atoms with Gasteiger partial charge in [0.15, 0.2) is 5.78 Å². The molecule has 1 aliphatic carbocycles. The van der Waals surface area contributed by atoms with E-state index in [4.69, 9.17) is 5.10 Å². The molecule has 0 fully saturated rings. The molecule has 1 atom stereocenters. The summed E-state index contributed by atoms with van der Waals surface area (Å²) in [4.78, 5) is 13.1. The Hall–Kier alpha value is -2.68. The largest absolute Gasteiger partial charge is 0.294 e. The van der Waals surface area contributed by atoms with E-state index in [1.165, 1.54) is 5.56 Å². The molecule has 0 saturated carbocycles. The molecule has 0 bridgehead atoms. The molecule has 2 aromatic rings. The Labute approximate surface area is 154 Å². The fraction of sp³-hybridized carbons (Fsp3) is 0.304. The monoisotopic (exact) mass is 344 g/mol. The Morgan fingerprint density at radius 3 is 2.31 bits per heavy atom. The number of allylic oxidation sites excluding steroid dienone is 2. The molecule has 0 radical (unpaired) electrons. The summed E-state index contributed by atoms with van der Waals surface area (Å²) in [7, 11) is 0. The summed E-state index contributed by atoms with van der Waals surface area (Å²) in [5.74, 6) is 0.297. The van der Waals surface area contributed by atoms with Crippen LogP contribution in [0.15, 0.2) is 77.0 Å². The van der Waals surface area contributed by atoms with Crippen LogP contribution in [0.2, 0.25) is 0 Å². The quantitative estimate of drug-likeness (QED) is 0.849. The van der Waals surface area contributed by atoms with Gasteiger partial charge in [0.1, 0.15) is 0 Å². The van der Waals surface area contributed by atoms with Gasteiger partial charge in [-0.2, -0.15) is 5.10 Å². The number of carbonyl (C=O) groups excluding carboxylic acids is 1. The maximum atomic E-state index is 13.1. The smallest absolute Gasteiger partial charge is 0.161 e. The summed E-state index contributed by atoms with van der Waals surface area (Å²) in [6.07, 6.45) is 2.17. The molecule has 0 aromatic heterocycles. The molecule has 1 heterocycles. The van der Waals surface area contributed by atoms with E-state index in [9.17, 15) is 4.79 Å². The lowest BCUT2D eigenvalue weighted by Gasteiger charge is -2.33. The van der Waals surface area contributed by atoms with Crippen molar-refractivity contribution in [2.75, 3.05) is 0 Å². The minimum atomic E-state index is -0.0308. The average Bonchev–Trinajstić information content (AvgIpc) is 2.82. The molecule has 132 valence electrons. The van der Waals surface area contributed by atoms with Crippen molar-refractivity contribution < 1.29 is 4.79 Å². The molecule has 2 aliphatic rings. The first kappa shape index (κ1) is 16.8. The first-order valence-electron chi connectivity index (χ1n) is 9.23. The van der Waals surface area contributed by atoms with Gasteiger partial charge in [0, 0.05) is 30.0 Å². The highest BCUT2D eigenvalue weighted by atomic mass is 16.1. The van der Waals surface area contributed by atoms with E-state index in [1.54, 1.807) is 0 Å². The Morgan fingerprint density at radius 2 is 1.62 bits per heavy atom. The Bertz CT molecular complexity index is 879. The zero-order chi connectivity index (χ0) is 18.1. The second-order valence-electron chi connectivity index (χ2n) is 8.04. The van der Waals surface area contributed by atoms with E-state index in [0.717, 1.165) is 35.4 Å². The van der Waals surface area contributed by atoms with E-state index in [2.05, 4.69) is 43.5 Å². The number of hydrogen-bond acceptors (Lipinski definition) is 3. The number of hydrazone groups is 1. The van der Waals surface area contributed by atoms with Crippen LogP contribution in [0, 0.1) is 5.41 Å². The maximum absolute atomic E-state index is 13.1. The molecule has 0 amide bonds. The number of nitrogens with zero attached hydrogens (tertiary/aromatic N) is 1. The summed E-state index contributed by atoms with van der Waals surface area (Å²) >= 11 is 0. The third-order valence-electron chi connectivity index (χ3n) is 5.30. The van der Waals surface area contributed by atoms with Gasteiger partial charge in [0.2, 0.25) is 0 Å². The highest BCUT2D eigenvalue weighted by molar-refractivity contribution is 6.05. The van der Waals surface area contributed by atoms with E-state index in [0.29, 0.717) is 6.42 Å². The van der Waals surface area contributed by atoms with Gasteiger partial charge >= 0.3 is 0 Å². The van der Waals surface area contributed by atoms with E-state index in [1.807, 2.05) is 36.4 Å². The van der Waals surface area contributed by atoms with Crippen LogP contribution in [0.1, 0.15) is 50.2 Å². The standard InChI is InChI=1S/C23H24N2O/c1-23(2)14-20-22(21(26)15-23)18(16-9-5-3-6-10-16)13-19(24-25-20)17-11-7-4-8-12-17/h3-12,18,25H,13-15H2,1-2H3. The summed E-state index contributed by atoms with van der Waals surface area (Å²) < 4.78 is 0. The number of Topliss-reactive ketones (excluding diaryl/α,β-unsaturated/α-hetero) is 1. The highest BCUT2D eigenvalue weighted by Crippen LogP contribution is 2.43. The lowest BCUT2D eigenvalue weighted by atomic mass is 9.71. The summed E-state index contributed by atoms with van der Waals surface area (Å²) in [5.41, 5.74) is 8.43. The molecular weight excluding hydrogens is 320 g/mol. The first-order chi connectivity index (χ1) is 12.5. The Balaban J connectivity index is 1.81. The molecule has 3 heteroatoms. The van der Waals surface area contributed by atoms with Crippen molar-refractivity contribution in [2.24, 2.45) is 10.5 Å². The van der Waals surface area contributed by atoms with Gasteiger partial charge in [0.05, 0.1) is 5.71 Å². The number of ketones is 1. The third-order valence-corrected chi connectivity index (χ3v) is 5.30. The van der Waals surface area contributed by atoms with Crippen LogP contribution in [-0.4, -0.2) is 11.5 Å². The van der Waals surface area contributed by atoms with Crippen molar-refractivity contribution in [3.8, 4) is 0 Å². The number of nitrogens with one attached hydrogen (secondary N) is 1. The molecule has 0 saturated heterocycles. The topological polar surface area (TPSA) is 41.5 Å². The SMILES string of the molecule is CC1(C)CC(=O)C2=C(C1)NN=C(c1ccccc1)CC2c1ccccc1. The number of rotatable bonds is 2. The normalized spacial score (nSPS) is 22.2. The van der Waals surface area contributed by atoms with Crippen LogP contribution in [0.4, 0.5) is 0 Å². The molecule has 2 aromatic carbocycles. The number of hydrogen-bond donors (Lipinski definition) is 1. The molecule has 3 nitrogen and oxygen atoms in total. The molecule has 1 aliphatic heterocycles. The van der Waals surface area contributed by atoms with E-state index in [-0.39, 0.29) is 17.1 Å². The zero-order valence-electron chi connectivity index (χ0n) is 15.3. The van der Waals surface area contributed by atoms with Crippen LogP contribution < -0.4 is 5.43 Å². The highest BCUT2D eigenvalue weighted by Gasteiger charge is 2.38. The first-order valence-corrected chi connectivity index (χ1v) is 9.23. The lowest BCUT2D eigenvalue weighted by Crippen LogP contribution is -2.31. The zero-order valence-corrected chi connectivity index (χ0v) is 15.3. The fourth-order valence-corrected chi connectivity index (χ4v) is 4.10. The molecule has 1 unspecified atom stereocenters. The van der Waals surface area contributed by atoms with Crippen LogP contribution in [0.5, 0.6) is 0 Å². The predicted molar refractivity (Wildman–Crippen MR) is 105 cm³/mol. The number of benzene rings is 2. The van der Waals surface area contributed by atoms with Crippen LogP contribution >= 0.6 is 0 Å². The van der Waals surface area contributed by atoms with Gasteiger partial charge in [-0.3, -0.25) is 10.2 Å². The second-order valence-corrected chi connectivity index (χ2v) is 8.04. The van der Waals surface area contributed by atoms with Gasteiger partial charge in [-0.15, -0.1) is 0 Å². The third kappa shape index (κ3) is 3.22. The van der Waals surface area contributed by atoms with Gasteiger partial charge in [-0.25, -0.2) is 0 Å². The molecule has 1 N–H and O–H groups in total. The van der Waals surface area contributed by atoms with Gasteiger partial charge < -0.3 is 0 Å². The fourth-order valence-electron chi connectivity index (χ4n) is 4.10. The van der Waals surface area contributed by atoms with Gasteiger partial charge in [0.25, 0.3) is 0 Å². The molecule has 4 rings (SSSR count). The summed E-state index contributed by atoms with van der Waals surface area (Å²) in [5, 5.41) is 4.71. The predicted octanol–water partition coefficient (Wildman–Crippen LogP) is 4.81. The lowest BCUT2D eigenvalue weighted by molar-refractivity contribution is -0.118. The van der Waals surface area contributed by atoms with Gasteiger partial charge in [-0.05, 0) is 23.0 Å². The van der Waals surface area contributed by atoms with Crippen LogP contribution in [0.25, 0.3) is 0 Å². The summed E-state index contributed by atoms with van der Waals surface area (Å²) in [6, 6.07) is 20.6. The minimum absolute atomic E-state index is 0.0308. The van der Waals surface area contributed by atoms with Crippen molar-refractivity contribution in [3.05, 3.63) is 83.1 Å². The van der Waals surface area contributed by atoms with Crippen LogP contribution in [0.3, 0.4) is 0 Å². The van der Waals surface area contributed by atoms with E-state index >= 15 is 0 Å². The van der Waals surface area contributed by atoms with Crippen LogP contribution in [-0.2, 0) is 4.79 Å². The Kier molecular flexibility index (Phi) is 4.23. The van der Waals surface area contributed by atoms with Crippen molar-refractivity contribution in [1.82, 2.24) is 5.43 Å². The second kappa shape index (κ2) is 6.56.